The number of urea groups is 1. The molecule has 4 rings (SSSR count). The molecule has 3 heterocycles. The molecule has 2 aliphatic rings. The number of carbonyl (C=O) groups is 2. The fourth-order valence-electron chi connectivity index (χ4n) is 3.10. The average Bonchev–Trinajstić information content (AvgIpc) is 3.22. The fraction of sp³-hybridized carbons (Fsp3) is 0.176. The maximum atomic E-state index is 12.9. The normalized spacial score (nSPS) is 19.7. The van der Waals surface area contributed by atoms with Crippen LogP contribution in [0.3, 0.4) is 0 Å². The Morgan fingerprint density at radius 3 is 2.52 bits per heavy atom. The van der Waals surface area contributed by atoms with Crippen molar-refractivity contribution in [2.45, 2.75) is 12.4 Å². The number of nitrogens with zero attached hydrogens (tertiary/aromatic N) is 1. The van der Waals surface area contributed by atoms with Crippen molar-refractivity contribution in [3.05, 3.63) is 57.9 Å². The van der Waals surface area contributed by atoms with Gasteiger partial charge in [-0.25, -0.2) is 4.79 Å². The van der Waals surface area contributed by atoms with Crippen molar-refractivity contribution in [1.29, 1.82) is 0 Å². The molecule has 0 fully saturated rings. The van der Waals surface area contributed by atoms with E-state index in [0.29, 0.717) is 17.0 Å². The minimum absolute atomic E-state index is 0.127. The van der Waals surface area contributed by atoms with E-state index < -0.39 is 18.4 Å². The molecule has 1 aromatic carbocycles. The molecule has 0 saturated heterocycles. The number of rotatable bonds is 3. The highest BCUT2D eigenvalue weighted by Crippen LogP contribution is 2.36. The van der Waals surface area contributed by atoms with E-state index in [9.17, 15) is 22.8 Å². The van der Waals surface area contributed by atoms with Crippen LogP contribution in [0.2, 0.25) is 0 Å². The van der Waals surface area contributed by atoms with Crippen LogP contribution in [0.1, 0.15) is 11.6 Å². The van der Waals surface area contributed by atoms with Crippen molar-refractivity contribution in [3.63, 3.8) is 0 Å². The van der Waals surface area contributed by atoms with Gasteiger partial charge in [0.25, 0.3) is 5.91 Å². The molecular formula is C17H12F3N3O3S. The van der Waals surface area contributed by atoms with E-state index in [2.05, 4.69) is 15.4 Å². The molecule has 0 aliphatic carbocycles. The number of benzene rings is 1. The van der Waals surface area contributed by atoms with Gasteiger partial charge in [0.1, 0.15) is 5.75 Å². The smallest absolute Gasteiger partial charge is 0.406 e. The molecule has 0 saturated carbocycles. The second-order valence-electron chi connectivity index (χ2n) is 5.91. The number of thiophene rings is 1. The molecule has 0 radical (unpaired) electrons. The summed E-state index contributed by atoms with van der Waals surface area (Å²) in [6, 6.07) is 5.86. The first kappa shape index (κ1) is 17.4. The molecule has 3 amide bonds. The Kier molecular flexibility index (Phi) is 4.06. The van der Waals surface area contributed by atoms with Crippen LogP contribution in [0, 0.1) is 0 Å². The number of ether oxygens (including phenoxy) is 1. The van der Waals surface area contributed by atoms with Crippen LogP contribution in [0.4, 0.5) is 23.7 Å². The van der Waals surface area contributed by atoms with E-state index in [0.717, 1.165) is 17.7 Å². The first-order valence-corrected chi connectivity index (χ1v) is 8.76. The van der Waals surface area contributed by atoms with Crippen molar-refractivity contribution >= 4 is 29.0 Å². The van der Waals surface area contributed by atoms with Crippen LogP contribution >= 0.6 is 11.3 Å². The van der Waals surface area contributed by atoms with Gasteiger partial charge in [-0.1, -0.05) is 0 Å². The largest absolute Gasteiger partial charge is 0.573 e. The molecular weight excluding hydrogens is 383 g/mol. The summed E-state index contributed by atoms with van der Waals surface area (Å²) >= 11 is 1.45. The summed E-state index contributed by atoms with van der Waals surface area (Å²) in [5, 5.41) is 9.07. The lowest BCUT2D eigenvalue weighted by Crippen LogP contribution is -2.44. The van der Waals surface area contributed by atoms with E-state index in [1.165, 1.54) is 28.4 Å². The zero-order chi connectivity index (χ0) is 19.2. The molecule has 10 heteroatoms. The Morgan fingerprint density at radius 1 is 1.15 bits per heavy atom. The standard InChI is InChI=1S/C17H12F3N3O3S/c18-17(19,20)26-11-3-1-10(2-4-11)23-7-12-13(15(23)24)14(22-16(25)21-12)9-5-6-27-8-9/h1-6,8,14H,7H2,(H2,21,22,25)/t14-/m1/s1. The van der Waals surface area contributed by atoms with Crippen LogP contribution < -0.4 is 20.3 Å². The molecule has 2 N–H and O–H groups in total. The van der Waals surface area contributed by atoms with Gasteiger partial charge in [-0.15, -0.1) is 13.2 Å². The Morgan fingerprint density at radius 2 is 1.89 bits per heavy atom. The lowest BCUT2D eigenvalue weighted by atomic mass is 9.99. The van der Waals surface area contributed by atoms with Gasteiger partial charge in [0.15, 0.2) is 0 Å². The average molecular weight is 395 g/mol. The van der Waals surface area contributed by atoms with Crippen molar-refractivity contribution in [2.24, 2.45) is 0 Å². The first-order valence-electron chi connectivity index (χ1n) is 7.82. The number of anilines is 1. The predicted octanol–water partition coefficient (Wildman–Crippen LogP) is 3.30. The molecule has 27 heavy (non-hydrogen) atoms. The number of hydrogen-bond acceptors (Lipinski definition) is 4. The van der Waals surface area contributed by atoms with Gasteiger partial charge in [0, 0.05) is 5.69 Å². The maximum Gasteiger partial charge on any atom is 0.573 e. The summed E-state index contributed by atoms with van der Waals surface area (Å²) < 4.78 is 40.7. The molecule has 0 spiro atoms. The van der Waals surface area contributed by atoms with Crippen LogP contribution in [-0.4, -0.2) is 24.8 Å². The lowest BCUT2D eigenvalue weighted by molar-refractivity contribution is -0.274. The van der Waals surface area contributed by atoms with Crippen molar-refractivity contribution in [2.75, 3.05) is 11.4 Å². The second kappa shape index (κ2) is 6.31. The molecule has 6 nitrogen and oxygen atoms in total. The number of halogens is 3. The summed E-state index contributed by atoms with van der Waals surface area (Å²) in [6.45, 7) is 0.127. The van der Waals surface area contributed by atoms with Gasteiger partial charge in [-0.05, 0) is 46.7 Å². The molecule has 2 aromatic rings. The summed E-state index contributed by atoms with van der Waals surface area (Å²) in [7, 11) is 0. The van der Waals surface area contributed by atoms with E-state index >= 15 is 0 Å². The summed E-state index contributed by atoms with van der Waals surface area (Å²) in [4.78, 5) is 26.3. The van der Waals surface area contributed by atoms with Crippen LogP contribution in [0.25, 0.3) is 0 Å². The third kappa shape index (κ3) is 3.35. The predicted molar refractivity (Wildman–Crippen MR) is 91.2 cm³/mol. The molecule has 1 aromatic heterocycles. The van der Waals surface area contributed by atoms with Crippen molar-refractivity contribution in [1.82, 2.24) is 10.6 Å². The highest BCUT2D eigenvalue weighted by atomic mass is 32.1. The van der Waals surface area contributed by atoms with E-state index in [1.807, 2.05) is 16.8 Å². The zero-order valence-electron chi connectivity index (χ0n) is 13.5. The van der Waals surface area contributed by atoms with Gasteiger partial charge < -0.3 is 20.3 Å². The van der Waals surface area contributed by atoms with Crippen LogP contribution in [0.15, 0.2) is 52.4 Å². The summed E-state index contributed by atoms with van der Waals surface area (Å²) in [6.07, 6.45) is -4.78. The van der Waals surface area contributed by atoms with Crippen molar-refractivity contribution < 1.29 is 27.5 Å². The number of carbonyl (C=O) groups excluding carboxylic acids is 2. The second-order valence-corrected chi connectivity index (χ2v) is 6.69. The third-order valence-electron chi connectivity index (χ3n) is 4.20. The SMILES string of the molecule is O=C1NC2=C(C(=O)N(c3ccc(OC(F)(F)F)cc3)C2)[C@@H](c2ccsc2)N1. The minimum atomic E-state index is -4.78. The Bertz CT molecular complexity index is 923. The lowest BCUT2D eigenvalue weighted by Gasteiger charge is -2.24. The summed E-state index contributed by atoms with van der Waals surface area (Å²) in [5.41, 5.74) is 2.10. The van der Waals surface area contributed by atoms with Gasteiger partial charge in [-0.2, -0.15) is 11.3 Å². The van der Waals surface area contributed by atoms with Gasteiger partial charge in [-0.3, -0.25) is 4.79 Å². The van der Waals surface area contributed by atoms with Crippen molar-refractivity contribution in [3.8, 4) is 5.75 Å². The van der Waals surface area contributed by atoms with Crippen LogP contribution in [0.5, 0.6) is 5.75 Å². The number of alkyl halides is 3. The Hall–Kier alpha value is -3.01. The van der Waals surface area contributed by atoms with E-state index in [4.69, 9.17) is 0 Å². The topological polar surface area (TPSA) is 70.7 Å². The Labute approximate surface area is 155 Å². The zero-order valence-corrected chi connectivity index (χ0v) is 14.4. The highest BCUT2D eigenvalue weighted by Gasteiger charge is 2.41. The highest BCUT2D eigenvalue weighted by molar-refractivity contribution is 7.08. The molecule has 0 bridgehead atoms. The summed E-state index contributed by atoms with van der Waals surface area (Å²) in [5.74, 6) is -0.695. The van der Waals surface area contributed by atoms with Gasteiger partial charge in [0.2, 0.25) is 0 Å². The number of nitrogens with one attached hydrogen (secondary N) is 2. The van der Waals surface area contributed by atoms with Crippen LogP contribution in [-0.2, 0) is 4.79 Å². The molecule has 140 valence electrons. The molecule has 2 aliphatic heterocycles. The Balaban J connectivity index is 1.60. The number of hydrogen-bond donors (Lipinski definition) is 2. The van der Waals surface area contributed by atoms with Gasteiger partial charge in [0.05, 0.1) is 23.9 Å². The number of amides is 3. The van der Waals surface area contributed by atoms with E-state index in [-0.39, 0.29) is 18.2 Å². The van der Waals surface area contributed by atoms with E-state index in [1.54, 1.807) is 0 Å². The molecule has 1 atom stereocenters. The molecule has 0 unspecified atom stereocenters. The minimum Gasteiger partial charge on any atom is -0.406 e. The maximum absolute atomic E-state index is 12.9. The third-order valence-corrected chi connectivity index (χ3v) is 4.91. The monoisotopic (exact) mass is 395 g/mol. The quantitative estimate of drug-likeness (QED) is 0.838. The first-order chi connectivity index (χ1) is 12.8. The van der Waals surface area contributed by atoms with Gasteiger partial charge >= 0.3 is 12.4 Å². The fourth-order valence-corrected chi connectivity index (χ4v) is 3.78.